The Morgan fingerprint density at radius 3 is 2.61 bits per heavy atom. The Kier molecular flexibility index (Phi) is 6.31. The largest absolute Gasteiger partial charge is 0.459 e. The van der Waals surface area contributed by atoms with Crippen LogP contribution in [0.5, 0.6) is 0 Å². The van der Waals surface area contributed by atoms with Crippen molar-refractivity contribution in [1.82, 2.24) is 4.57 Å². The van der Waals surface area contributed by atoms with Crippen molar-refractivity contribution in [3.05, 3.63) is 83.2 Å². The summed E-state index contributed by atoms with van der Waals surface area (Å²) in [7, 11) is 0. The van der Waals surface area contributed by atoms with Gasteiger partial charge in [0.05, 0.1) is 27.9 Å². The minimum Gasteiger partial charge on any atom is -0.459 e. The molecule has 0 N–H and O–H groups in total. The van der Waals surface area contributed by atoms with E-state index in [0.717, 1.165) is 15.3 Å². The molecule has 5 nitrogen and oxygen atoms in total. The van der Waals surface area contributed by atoms with Crippen molar-refractivity contribution in [1.29, 1.82) is 0 Å². The quantitative estimate of drug-likeness (QED) is 0.418. The molecule has 8 heteroatoms. The Balaban J connectivity index is 1.94. The molecule has 3 aromatic rings. The van der Waals surface area contributed by atoms with Crippen LogP contribution < -0.4 is 14.9 Å². The van der Waals surface area contributed by atoms with Gasteiger partial charge in [0.15, 0.2) is 4.80 Å². The maximum Gasteiger partial charge on any atom is 0.338 e. The summed E-state index contributed by atoms with van der Waals surface area (Å²) in [6, 6.07) is 11.3. The molecule has 0 spiro atoms. The van der Waals surface area contributed by atoms with Gasteiger partial charge in [-0.1, -0.05) is 29.5 Å². The lowest BCUT2D eigenvalue weighted by atomic mass is 9.96. The average Bonchev–Trinajstić information content (AvgIpc) is 3.35. The molecule has 0 saturated heterocycles. The average molecular weight is 471 g/mol. The van der Waals surface area contributed by atoms with Gasteiger partial charge in [-0.25, -0.2) is 9.79 Å². The fourth-order valence-corrected chi connectivity index (χ4v) is 5.64. The van der Waals surface area contributed by atoms with Gasteiger partial charge in [-0.2, -0.15) is 0 Å². The molecule has 31 heavy (non-hydrogen) atoms. The molecule has 0 amide bonds. The third-order valence-electron chi connectivity index (χ3n) is 4.83. The number of nitrogens with zero attached hydrogens (tertiary/aromatic N) is 2. The van der Waals surface area contributed by atoms with Crippen LogP contribution in [0.1, 0.15) is 37.3 Å². The number of benzene rings is 1. The van der Waals surface area contributed by atoms with E-state index in [9.17, 15) is 9.59 Å². The lowest BCUT2D eigenvalue weighted by Crippen LogP contribution is -2.40. The van der Waals surface area contributed by atoms with Crippen LogP contribution in [0.3, 0.4) is 0 Å². The summed E-state index contributed by atoms with van der Waals surface area (Å²) in [5.41, 5.74) is 1.68. The zero-order valence-electron chi connectivity index (χ0n) is 17.6. The fraction of sp³-hybridized carbons (Fsp3) is 0.261. The molecule has 1 atom stereocenters. The van der Waals surface area contributed by atoms with Crippen molar-refractivity contribution >= 4 is 46.5 Å². The summed E-state index contributed by atoms with van der Waals surface area (Å²) >= 11 is 4.56. The van der Waals surface area contributed by atoms with E-state index < -0.39 is 12.0 Å². The lowest BCUT2D eigenvalue weighted by molar-refractivity contribution is -0.143. The van der Waals surface area contributed by atoms with Gasteiger partial charge in [-0.3, -0.25) is 9.36 Å². The van der Waals surface area contributed by atoms with Crippen LogP contribution in [0, 0.1) is 0 Å². The molecule has 3 heterocycles. The van der Waals surface area contributed by atoms with Gasteiger partial charge in [0.25, 0.3) is 5.56 Å². The molecule has 1 aliphatic rings. The Hall–Kier alpha value is -2.42. The molecule has 0 bridgehead atoms. The van der Waals surface area contributed by atoms with E-state index in [1.54, 1.807) is 34.6 Å². The van der Waals surface area contributed by atoms with Crippen LogP contribution in [0.2, 0.25) is 0 Å². The van der Waals surface area contributed by atoms with Gasteiger partial charge in [0.2, 0.25) is 0 Å². The molecule has 0 radical (unpaired) electrons. The third-order valence-corrected chi connectivity index (χ3v) is 7.38. The normalized spacial score (nSPS) is 16.4. The van der Waals surface area contributed by atoms with Crippen molar-refractivity contribution in [3.8, 4) is 0 Å². The highest BCUT2D eigenvalue weighted by Crippen LogP contribution is 2.32. The van der Waals surface area contributed by atoms with E-state index in [4.69, 9.17) is 4.74 Å². The Labute approximate surface area is 192 Å². The highest BCUT2D eigenvalue weighted by molar-refractivity contribution is 7.98. The smallest absolute Gasteiger partial charge is 0.338 e. The highest BCUT2D eigenvalue weighted by Gasteiger charge is 2.33. The monoisotopic (exact) mass is 470 g/mol. The zero-order chi connectivity index (χ0) is 22.1. The maximum atomic E-state index is 13.5. The van der Waals surface area contributed by atoms with Crippen molar-refractivity contribution in [3.63, 3.8) is 0 Å². The topological polar surface area (TPSA) is 60.7 Å². The minimum absolute atomic E-state index is 0.154. The lowest BCUT2D eigenvalue weighted by Gasteiger charge is -2.25. The van der Waals surface area contributed by atoms with E-state index in [2.05, 4.69) is 4.99 Å². The predicted molar refractivity (Wildman–Crippen MR) is 128 cm³/mol. The first-order valence-corrected chi connectivity index (χ1v) is 12.7. The molecule has 0 fully saturated rings. The van der Waals surface area contributed by atoms with Crippen molar-refractivity contribution in [2.45, 2.75) is 37.8 Å². The van der Waals surface area contributed by atoms with E-state index in [1.807, 2.05) is 68.0 Å². The second-order valence-corrected chi connectivity index (χ2v) is 10.2. The van der Waals surface area contributed by atoms with E-state index >= 15 is 0 Å². The third kappa shape index (κ3) is 4.33. The molecule has 160 valence electrons. The van der Waals surface area contributed by atoms with Crippen LogP contribution in [-0.2, 0) is 9.53 Å². The van der Waals surface area contributed by atoms with Crippen LogP contribution >= 0.6 is 34.4 Å². The van der Waals surface area contributed by atoms with Gasteiger partial charge in [0, 0.05) is 9.77 Å². The number of thioether (sulfide) groups is 1. The number of rotatable bonds is 5. The molecular weight excluding hydrogens is 448 g/mol. The van der Waals surface area contributed by atoms with Crippen molar-refractivity contribution in [2.24, 2.45) is 4.99 Å². The molecule has 4 rings (SSSR count). The number of allylic oxidation sites excluding steroid dienone is 1. The van der Waals surface area contributed by atoms with Crippen LogP contribution in [0.25, 0.3) is 6.08 Å². The predicted octanol–water partition coefficient (Wildman–Crippen LogP) is 3.97. The van der Waals surface area contributed by atoms with E-state index in [1.165, 1.54) is 11.3 Å². The number of ether oxygens (including phenoxy) is 1. The number of aromatic nitrogens is 1. The molecule has 0 saturated carbocycles. The molecular formula is C23H22N2O3S3. The first kappa shape index (κ1) is 21.8. The number of thiophene rings is 1. The highest BCUT2D eigenvalue weighted by atomic mass is 32.2. The van der Waals surface area contributed by atoms with Crippen LogP contribution in [0.15, 0.2) is 67.7 Å². The number of thiazole rings is 1. The Morgan fingerprint density at radius 2 is 2.00 bits per heavy atom. The fourth-order valence-electron chi connectivity index (χ4n) is 3.46. The Morgan fingerprint density at radius 1 is 1.26 bits per heavy atom. The first-order valence-electron chi connectivity index (χ1n) is 9.80. The van der Waals surface area contributed by atoms with Crippen molar-refractivity contribution < 1.29 is 9.53 Å². The summed E-state index contributed by atoms with van der Waals surface area (Å²) in [5, 5.41) is 1.98. The van der Waals surface area contributed by atoms with Gasteiger partial charge in [-0.05, 0) is 62.2 Å². The number of hydrogen-bond donors (Lipinski definition) is 0. The minimum atomic E-state index is -0.580. The van der Waals surface area contributed by atoms with E-state index in [-0.39, 0.29) is 11.7 Å². The number of fused-ring (bicyclic) bond motifs is 1. The van der Waals surface area contributed by atoms with Gasteiger partial charge in [0.1, 0.15) is 0 Å². The van der Waals surface area contributed by atoms with Gasteiger partial charge >= 0.3 is 5.97 Å². The zero-order valence-corrected chi connectivity index (χ0v) is 20.1. The van der Waals surface area contributed by atoms with Crippen LogP contribution in [-0.4, -0.2) is 22.9 Å². The molecule has 0 unspecified atom stereocenters. The standard InChI is InChI=1S/C23H22N2O3S3/c1-13(2)28-22(27)19-14(3)24-23-25(20(19)15-7-9-16(29-4)10-8-15)21(26)18(31-23)12-17-6-5-11-30-17/h5-13,20H,1-4H3/b18-12-/t20-/m0/s1. The SMILES string of the molecule is CSc1ccc([C@H]2C(C(=O)OC(C)C)=C(C)N=c3s/c(=C\c4cccs4)c(=O)n32)cc1. The molecule has 1 aliphatic heterocycles. The van der Waals surface area contributed by atoms with Gasteiger partial charge < -0.3 is 4.74 Å². The second kappa shape index (κ2) is 8.98. The summed E-state index contributed by atoms with van der Waals surface area (Å²) in [6.45, 7) is 5.43. The van der Waals surface area contributed by atoms with Crippen molar-refractivity contribution in [2.75, 3.05) is 6.26 Å². The number of esters is 1. The van der Waals surface area contributed by atoms with Crippen LogP contribution in [0.4, 0.5) is 0 Å². The summed E-state index contributed by atoms with van der Waals surface area (Å²) in [6.07, 6.45) is 3.63. The molecule has 1 aromatic carbocycles. The number of carbonyl (C=O) groups excluding carboxylic acids is 1. The molecule has 2 aromatic heterocycles. The van der Waals surface area contributed by atoms with E-state index in [0.29, 0.717) is 20.6 Å². The molecule has 0 aliphatic carbocycles. The summed E-state index contributed by atoms with van der Waals surface area (Å²) < 4.78 is 7.75. The number of hydrogen-bond acceptors (Lipinski definition) is 7. The number of carbonyl (C=O) groups is 1. The first-order chi connectivity index (χ1) is 14.9. The Bertz CT molecular complexity index is 1310. The summed E-state index contributed by atoms with van der Waals surface area (Å²) in [5.74, 6) is -0.442. The van der Waals surface area contributed by atoms with Gasteiger partial charge in [-0.15, -0.1) is 23.1 Å². The second-order valence-electron chi connectivity index (χ2n) is 7.32. The summed E-state index contributed by atoms with van der Waals surface area (Å²) in [4.78, 5) is 33.8. The maximum absolute atomic E-state index is 13.5.